The van der Waals surface area contributed by atoms with Crippen LogP contribution in [-0.4, -0.2) is 63.3 Å². The number of piperidine rings is 1. The number of β-amino-alcohol motifs (C(OH)–C–C–N with tert-alkyl or cyclic N) is 1. The van der Waals surface area contributed by atoms with Crippen LogP contribution >= 0.6 is 0 Å². The second-order valence-corrected chi connectivity index (χ2v) is 10.00. The van der Waals surface area contributed by atoms with Gasteiger partial charge in [-0.25, -0.2) is 10.5 Å². The number of hydrogen-bond acceptors (Lipinski definition) is 8. The molecule has 1 amide bonds. The van der Waals surface area contributed by atoms with Gasteiger partial charge >= 0.3 is 0 Å². The summed E-state index contributed by atoms with van der Waals surface area (Å²) in [7, 11) is 1.31. The smallest absolute Gasteiger partial charge is 0.280 e. The molecule has 1 atom stereocenters. The second kappa shape index (κ2) is 12.4. The van der Waals surface area contributed by atoms with Crippen LogP contribution in [0.4, 0.5) is 11.6 Å². The molecule has 0 unspecified atom stereocenters. The Morgan fingerprint density at radius 2 is 1.88 bits per heavy atom. The minimum atomic E-state index is -0.646. The Kier molecular flexibility index (Phi) is 8.49. The number of fused-ring (bicyclic) bond motifs is 1. The minimum absolute atomic E-state index is 0.0760. The molecule has 0 bridgehead atoms. The molecule has 5 rings (SSSR count). The third kappa shape index (κ3) is 6.20. The van der Waals surface area contributed by atoms with Crippen LogP contribution in [0.25, 0.3) is 16.7 Å². The van der Waals surface area contributed by atoms with Gasteiger partial charge in [0.1, 0.15) is 5.56 Å². The number of nitrogens with one attached hydrogen (secondary N) is 2. The van der Waals surface area contributed by atoms with Crippen molar-refractivity contribution in [1.29, 1.82) is 0 Å². The summed E-state index contributed by atoms with van der Waals surface area (Å²) in [4.78, 5) is 41.8. The maximum atomic E-state index is 13.2. The van der Waals surface area contributed by atoms with Crippen LogP contribution in [0.1, 0.15) is 41.3 Å². The normalized spacial score (nSPS) is 15.7. The highest BCUT2D eigenvalue weighted by molar-refractivity contribution is 5.96. The highest BCUT2D eigenvalue weighted by atomic mass is 16.6. The first-order chi connectivity index (χ1) is 19.4. The number of anilines is 2. The predicted octanol–water partition coefficient (Wildman–Crippen LogP) is 3.38. The monoisotopic (exact) mass is 542 g/mol. The largest absolute Gasteiger partial charge is 0.392 e. The van der Waals surface area contributed by atoms with Crippen LogP contribution in [0.3, 0.4) is 0 Å². The van der Waals surface area contributed by atoms with Crippen LogP contribution in [0.15, 0.2) is 65.7 Å². The van der Waals surface area contributed by atoms with Crippen molar-refractivity contribution < 1.29 is 14.7 Å². The van der Waals surface area contributed by atoms with Gasteiger partial charge in [0.2, 0.25) is 11.4 Å². The average molecular weight is 543 g/mol. The maximum Gasteiger partial charge on any atom is 0.280 e. The van der Waals surface area contributed by atoms with Crippen LogP contribution in [-0.2, 0) is 17.7 Å². The first-order valence-electron chi connectivity index (χ1n) is 13.6. The molecule has 3 N–H and O–H groups in total. The number of rotatable bonds is 9. The number of aliphatic hydroxyl groups is 1. The molecule has 10 nitrogen and oxygen atoms in total. The van der Waals surface area contributed by atoms with Crippen LogP contribution in [0.2, 0.25) is 0 Å². The van der Waals surface area contributed by atoms with Crippen molar-refractivity contribution in [2.24, 2.45) is 0 Å². The lowest BCUT2D eigenvalue weighted by molar-refractivity contribution is 0.0536. The number of carbonyl (C=O) groups excluding carboxylic acids is 1. The molecule has 0 aliphatic carbocycles. The molecule has 208 valence electrons. The highest BCUT2D eigenvalue weighted by Crippen LogP contribution is 2.21. The third-order valence-corrected chi connectivity index (χ3v) is 7.21. The quantitative estimate of drug-likeness (QED) is 0.275. The number of amides is 1. The summed E-state index contributed by atoms with van der Waals surface area (Å²) in [6, 6.07) is 15.9. The predicted molar refractivity (Wildman–Crippen MR) is 154 cm³/mol. The molecule has 2 aromatic carbocycles. The number of aromatic nitrogens is 3. The topological polar surface area (TPSA) is 122 Å². The summed E-state index contributed by atoms with van der Waals surface area (Å²) in [6.45, 7) is 4.76. The van der Waals surface area contributed by atoms with E-state index >= 15 is 0 Å². The Morgan fingerprint density at radius 3 is 2.58 bits per heavy atom. The van der Waals surface area contributed by atoms with Gasteiger partial charge in [-0.05, 0) is 67.6 Å². The number of likely N-dealkylation sites (tertiary alicyclic amines) is 1. The Balaban J connectivity index is 1.41. The van der Waals surface area contributed by atoms with Gasteiger partial charge in [0.25, 0.3) is 5.91 Å². The van der Waals surface area contributed by atoms with Gasteiger partial charge in [0.15, 0.2) is 5.65 Å². The van der Waals surface area contributed by atoms with E-state index in [0.717, 1.165) is 56.7 Å². The van der Waals surface area contributed by atoms with Crippen LogP contribution < -0.4 is 16.2 Å². The number of aliphatic hydroxyl groups excluding tert-OH is 1. The van der Waals surface area contributed by atoms with E-state index in [2.05, 4.69) is 44.7 Å². The minimum Gasteiger partial charge on any atom is -0.392 e. The standard InChI is InChI=1S/C30H34N6O4/c1-3-20-8-12-23(13-9-20)36-19-26(29(39)34-40-2)27(38)25-17-31-30(33-28(25)36)32-22-10-6-21(7-11-22)14-16-35-15-4-5-24(37)18-35/h6-13,17,19,24,37H,3-5,14-16,18H2,1-2H3,(H,34,39)(H,31,32,33)/t24-/m1/s1. The molecule has 3 heterocycles. The van der Waals surface area contributed by atoms with Crippen molar-refractivity contribution in [3.8, 4) is 5.69 Å². The summed E-state index contributed by atoms with van der Waals surface area (Å²) in [5.74, 6) is -0.318. The fourth-order valence-corrected chi connectivity index (χ4v) is 4.97. The average Bonchev–Trinajstić information content (AvgIpc) is 2.97. The molecule has 0 spiro atoms. The van der Waals surface area contributed by atoms with Gasteiger partial charge in [0.05, 0.1) is 18.6 Å². The molecule has 1 fully saturated rings. The first-order valence-corrected chi connectivity index (χ1v) is 13.6. The number of aryl methyl sites for hydroxylation is 1. The van der Waals surface area contributed by atoms with E-state index in [9.17, 15) is 14.7 Å². The highest BCUT2D eigenvalue weighted by Gasteiger charge is 2.19. The van der Waals surface area contributed by atoms with Crippen LogP contribution in [0.5, 0.6) is 0 Å². The molecule has 10 heteroatoms. The summed E-state index contributed by atoms with van der Waals surface area (Å²) < 4.78 is 1.72. The summed E-state index contributed by atoms with van der Waals surface area (Å²) in [5, 5.41) is 13.3. The summed E-state index contributed by atoms with van der Waals surface area (Å²) in [6.07, 6.45) is 6.42. The maximum absolute atomic E-state index is 13.2. The van der Waals surface area contributed by atoms with E-state index in [1.807, 2.05) is 36.4 Å². The van der Waals surface area contributed by atoms with Gasteiger partial charge < -0.3 is 19.9 Å². The Labute approximate surface area is 232 Å². The molecule has 1 aliphatic heterocycles. The van der Waals surface area contributed by atoms with Crippen LogP contribution in [0, 0.1) is 0 Å². The van der Waals surface area contributed by atoms with Gasteiger partial charge in [-0.3, -0.25) is 14.4 Å². The molecular formula is C30H34N6O4. The number of nitrogens with zero attached hydrogens (tertiary/aromatic N) is 4. The van der Waals surface area contributed by atoms with E-state index in [4.69, 9.17) is 4.84 Å². The van der Waals surface area contributed by atoms with Crippen molar-refractivity contribution in [3.63, 3.8) is 0 Å². The number of benzene rings is 2. The van der Waals surface area contributed by atoms with E-state index in [0.29, 0.717) is 11.6 Å². The summed E-state index contributed by atoms with van der Waals surface area (Å²) >= 11 is 0. The summed E-state index contributed by atoms with van der Waals surface area (Å²) in [5.41, 5.74) is 5.98. The van der Waals surface area contributed by atoms with Crippen molar-refractivity contribution in [1.82, 2.24) is 24.9 Å². The zero-order valence-corrected chi connectivity index (χ0v) is 22.8. The Morgan fingerprint density at radius 1 is 1.12 bits per heavy atom. The fraction of sp³-hybridized carbons (Fsp3) is 0.333. The fourth-order valence-electron chi connectivity index (χ4n) is 4.97. The molecule has 1 saturated heterocycles. The molecule has 4 aromatic rings. The number of hydrogen-bond donors (Lipinski definition) is 3. The zero-order valence-electron chi connectivity index (χ0n) is 22.8. The third-order valence-electron chi connectivity index (χ3n) is 7.21. The molecule has 0 radical (unpaired) electrons. The molecule has 40 heavy (non-hydrogen) atoms. The number of hydroxylamine groups is 1. The van der Waals surface area contributed by atoms with Crippen molar-refractivity contribution in [2.75, 3.05) is 32.1 Å². The molecule has 1 aliphatic rings. The van der Waals surface area contributed by atoms with Crippen molar-refractivity contribution in [3.05, 3.63) is 87.8 Å². The van der Waals surface area contributed by atoms with Gasteiger partial charge in [-0.2, -0.15) is 4.98 Å². The lowest BCUT2D eigenvalue weighted by Crippen LogP contribution is -2.39. The van der Waals surface area contributed by atoms with Crippen molar-refractivity contribution in [2.45, 2.75) is 38.7 Å². The van der Waals surface area contributed by atoms with E-state index in [-0.39, 0.29) is 17.1 Å². The Hall–Kier alpha value is -4.12. The van der Waals surface area contributed by atoms with E-state index in [1.165, 1.54) is 30.6 Å². The van der Waals surface area contributed by atoms with Crippen molar-refractivity contribution >= 4 is 28.6 Å². The second-order valence-electron chi connectivity index (χ2n) is 10.00. The first kappa shape index (κ1) is 27.4. The number of carbonyl (C=O) groups is 1. The molecular weight excluding hydrogens is 508 g/mol. The Bertz CT molecular complexity index is 1540. The molecule has 2 aromatic heterocycles. The SMILES string of the molecule is CCc1ccc(-n2cc(C(=O)NOC)c(=O)c3cnc(Nc4ccc(CCN5CCC[C@@H](O)C5)cc4)nc32)cc1. The van der Waals surface area contributed by atoms with Gasteiger partial charge in [0, 0.05) is 36.9 Å². The van der Waals surface area contributed by atoms with Gasteiger partial charge in [-0.1, -0.05) is 31.2 Å². The number of pyridine rings is 1. The zero-order chi connectivity index (χ0) is 28.1. The lowest BCUT2D eigenvalue weighted by atomic mass is 10.1. The van der Waals surface area contributed by atoms with E-state index < -0.39 is 11.3 Å². The van der Waals surface area contributed by atoms with Gasteiger partial charge in [-0.15, -0.1) is 0 Å². The lowest BCUT2D eigenvalue weighted by Gasteiger charge is -2.29. The van der Waals surface area contributed by atoms with E-state index in [1.54, 1.807) is 4.57 Å². The molecule has 0 saturated carbocycles.